The minimum atomic E-state index is -0.645. The van der Waals surface area contributed by atoms with E-state index in [0.29, 0.717) is 0 Å². The van der Waals surface area contributed by atoms with Crippen LogP contribution in [0.2, 0.25) is 0 Å². The van der Waals surface area contributed by atoms with Gasteiger partial charge in [-0.2, -0.15) is 0 Å². The SMILES string of the molecule is C=CCOC(=O)Cc1oc(C)nc1C(=O)OC. The van der Waals surface area contributed by atoms with Gasteiger partial charge in [-0.3, -0.25) is 4.79 Å². The molecular weight excluding hydrogens is 226 g/mol. The van der Waals surface area contributed by atoms with Gasteiger partial charge in [0.25, 0.3) is 0 Å². The lowest BCUT2D eigenvalue weighted by molar-refractivity contribution is -0.141. The maximum absolute atomic E-state index is 11.3. The summed E-state index contributed by atoms with van der Waals surface area (Å²) in [6.45, 7) is 5.10. The Hall–Kier alpha value is -2.11. The summed E-state index contributed by atoms with van der Waals surface area (Å²) in [5.41, 5.74) is 0.000512. The molecule has 0 N–H and O–H groups in total. The summed E-state index contributed by atoms with van der Waals surface area (Å²) in [6.07, 6.45) is 1.28. The molecule has 0 saturated heterocycles. The van der Waals surface area contributed by atoms with Crippen molar-refractivity contribution in [3.63, 3.8) is 0 Å². The molecule has 0 aliphatic rings. The zero-order valence-electron chi connectivity index (χ0n) is 9.69. The summed E-state index contributed by atoms with van der Waals surface area (Å²) < 4.78 is 14.4. The maximum atomic E-state index is 11.3. The molecule has 0 aliphatic heterocycles. The van der Waals surface area contributed by atoms with Crippen LogP contribution in [-0.2, 0) is 20.7 Å². The third-order valence-corrected chi connectivity index (χ3v) is 1.85. The quantitative estimate of drug-likeness (QED) is 0.564. The summed E-state index contributed by atoms with van der Waals surface area (Å²) in [4.78, 5) is 26.5. The number of hydrogen-bond acceptors (Lipinski definition) is 6. The zero-order valence-corrected chi connectivity index (χ0v) is 9.69. The van der Waals surface area contributed by atoms with Crippen molar-refractivity contribution in [2.24, 2.45) is 0 Å². The first-order chi connectivity index (χ1) is 8.08. The van der Waals surface area contributed by atoms with Crippen molar-refractivity contribution >= 4 is 11.9 Å². The van der Waals surface area contributed by atoms with E-state index >= 15 is 0 Å². The van der Waals surface area contributed by atoms with E-state index in [2.05, 4.69) is 16.3 Å². The fourth-order valence-electron chi connectivity index (χ4n) is 1.18. The number of ether oxygens (including phenoxy) is 2. The molecule has 0 saturated carbocycles. The van der Waals surface area contributed by atoms with Crippen LogP contribution in [-0.4, -0.2) is 30.6 Å². The molecule has 1 aromatic rings. The van der Waals surface area contributed by atoms with Gasteiger partial charge in [0.2, 0.25) is 0 Å². The molecule has 6 nitrogen and oxygen atoms in total. The van der Waals surface area contributed by atoms with Gasteiger partial charge in [0.15, 0.2) is 17.3 Å². The summed E-state index contributed by atoms with van der Waals surface area (Å²) in [6, 6.07) is 0. The Labute approximate surface area is 98.2 Å². The highest BCUT2D eigenvalue weighted by Crippen LogP contribution is 2.13. The number of carbonyl (C=O) groups excluding carboxylic acids is 2. The Morgan fingerprint density at radius 1 is 1.53 bits per heavy atom. The van der Waals surface area contributed by atoms with Gasteiger partial charge in [-0.15, -0.1) is 0 Å². The number of esters is 2. The molecule has 0 spiro atoms. The summed E-state index contributed by atoms with van der Waals surface area (Å²) >= 11 is 0. The van der Waals surface area contributed by atoms with Crippen LogP contribution in [0, 0.1) is 6.92 Å². The van der Waals surface area contributed by atoms with Gasteiger partial charge in [0, 0.05) is 6.92 Å². The molecule has 0 fully saturated rings. The molecule has 0 amide bonds. The van der Waals surface area contributed by atoms with E-state index in [1.807, 2.05) is 0 Å². The fourth-order valence-corrected chi connectivity index (χ4v) is 1.18. The van der Waals surface area contributed by atoms with Crippen LogP contribution < -0.4 is 0 Å². The van der Waals surface area contributed by atoms with Crippen LogP contribution in [0.4, 0.5) is 0 Å². The Balaban J connectivity index is 2.79. The number of hydrogen-bond donors (Lipinski definition) is 0. The van der Waals surface area contributed by atoms with Gasteiger partial charge in [-0.1, -0.05) is 12.7 Å². The number of rotatable bonds is 5. The molecular formula is C11H13NO5. The van der Waals surface area contributed by atoms with Crippen molar-refractivity contribution in [2.75, 3.05) is 13.7 Å². The third kappa shape index (κ3) is 3.44. The fraction of sp³-hybridized carbons (Fsp3) is 0.364. The van der Waals surface area contributed by atoms with Gasteiger partial charge in [-0.25, -0.2) is 9.78 Å². The van der Waals surface area contributed by atoms with E-state index in [-0.39, 0.29) is 30.4 Å². The van der Waals surface area contributed by atoms with E-state index in [9.17, 15) is 9.59 Å². The lowest BCUT2D eigenvalue weighted by atomic mass is 10.2. The number of methoxy groups -OCH3 is 1. The van der Waals surface area contributed by atoms with Gasteiger partial charge in [-0.05, 0) is 0 Å². The molecule has 1 heterocycles. The average Bonchev–Trinajstić information content (AvgIpc) is 2.66. The number of aryl methyl sites for hydroxylation is 1. The van der Waals surface area contributed by atoms with Crippen molar-refractivity contribution in [1.29, 1.82) is 0 Å². The van der Waals surface area contributed by atoms with Gasteiger partial charge < -0.3 is 13.9 Å². The van der Waals surface area contributed by atoms with Gasteiger partial charge in [0.05, 0.1) is 7.11 Å². The predicted octanol–water partition coefficient (Wildman–Crippen LogP) is 1.04. The van der Waals surface area contributed by atoms with Crippen molar-refractivity contribution in [3.05, 3.63) is 30.0 Å². The van der Waals surface area contributed by atoms with Crippen LogP contribution in [0.15, 0.2) is 17.1 Å². The van der Waals surface area contributed by atoms with E-state index < -0.39 is 11.9 Å². The molecule has 0 atom stereocenters. The summed E-state index contributed by atoms with van der Waals surface area (Å²) in [5.74, 6) is -0.736. The lowest BCUT2D eigenvalue weighted by Crippen LogP contribution is -2.11. The molecule has 0 unspecified atom stereocenters. The molecule has 1 rings (SSSR count). The van der Waals surface area contributed by atoms with Gasteiger partial charge >= 0.3 is 11.9 Å². The highest BCUT2D eigenvalue weighted by atomic mass is 16.5. The highest BCUT2D eigenvalue weighted by molar-refractivity contribution is 5.89. The Morgan fingerprint density at radius 3 is 2.82 bits per heavy atom. The molecule has 0 aromatic carbocycles. The molecule has 0 radical (unpaired) electrons. The average molecular weight is 239 g/mol. The number of carbonyl (C=O) groups is 2. The molecule has 1 aromatic heterocycles. The number of aromatic nitrogens is 1. The smallest absolute Gasteiger partial charge is 0.360 e. The van der Waals surface area contributed by atoms with E-state index in [1.165, 1.54) is 13.2 Å². The van der Waals surface area contributed by atoms with Crippen LogP contribution >= 0.6 is 0 Å². The van der Waals surface area contributed by atoms with Crippen LogP contribution in [0.25, 0.3) is 0 Å². The summed E-state index contributed by atoms with van der Waals surface area (Å²) in [7, 11) is 1.23. The first-order valence-electron chi connectivity index (χ1n) is 4.89. The molecule has 0 bridgehead atoms. The van der Waals surface area contributed by atoms with Crippen molar-refractivity contribution < 1.29 is 23.5 Å². The van der Waals surface area contributed by atoms with E-state index in [4.69, 9.17) is 9.15 Å². The van der Waals surface area contributed by atoms with Crippen molar-refractivity contribution in [3.8, 4) is 0 Å². The standard InChI is InChI=1S/C11H13NO5/c1-4-5-16-9(13)6-8-10(11(14)15-3)12-7(2)17-8/h4H,1,5-6H2,2-3H3. The zero-order chi connectivity index (χ0) is 12.8. The van der Waals surface area contributed by atoms with Crippen molar-refractivity contribution in [2.45, 2.75) is 13.3 Å². The normalized spacial score (nSPS) is 9.76. The molecule has 17 heavy (non-hydrogen) atoms. The predicted molar refractivity (Wildman–Crippen MR) is 57.4 cm³/mol. The largest absolute Gasteiger partial charge is 0.464 e. The summed E-state index contributed by atoms with van der Waals surface area (Å²) in [5, 5.41) is 0. The Morgan fingerprint density at radius 2 is 2.24 bits per heavy atom. The Kier molecular flexibility index (Phi) is 4.45. The second-order valence-electron chi connectivity index (χ2n) is 3.14. The second kappa shape index (κ2) is 5.83. The van der Waals surface area contributed by atoms with Crippen molar-refractivity contribution in [1.82, 2.24) is 4.98 Å². The van der Waals surface area contributed by atoms with Crippen LogP contribution in [0.3, 0.4) is 0 Å². The number of nitrogens with zero attached hydrogens (tertiary/aromatic N) is 1. The third-order valence-electron chi connectivity index (χ3n) is 1.85. The number of oxazole rings is 1. The maximum Gasteiger partial charge on any atom is 0.360 e. The van der Waals surface area contributed by atoms with E-state index in [0.717, 1.165) is 0 Å². The molecule has 6 heteroatoms. The van der Waals surface area contributed by atoms with Gasteiger partial charge in [0.1, 0.15) is 13.0 Å². The Bertz CT molecular complexity index is 435. The first kappa shape index (κ1) is 13.0. The van der Waals surface area contributed by atoms with Crippen LogP contribution in [0.1, 0.15) is 22.1 Å². The lowest BCUT2D eigenvalue weighted by Gasteiger charge is -2.00. The van der Waals surface area contributed by atoms with Crippen LogP contribution in [0.5, 0.6) is 0 Å². The monoisotopic (exact) mass is 239 g/mol. The minimum absolute atomic E-state index is 0.000512. The first-order valence-corrected chi connectivity index (χ1v) is 4.89. The molecule has 0 aliphatic carbocycles. The minimum Gasteiger partial charge on any atom is -0.464 e. The highest BCUT2D eigenvalue weighted by Gasteiger charge is 2.21. The van der Waals surface area contributed by atoms with E-state index in [1.54, 1.807) is 6.92 Å². The topological polar surface area (TPSA) is 78.6 Å². The molecule has 92 valence electrons. The second-order valence-corrected chi connectivity index (χ2v) is 3.14.